The normalized spacial score (nSPS) is 21.3. The van der Waals surface area contributed by atoms with E-state index in [9.17, 15) is 18.4 Å². The fourth-order valence-corrected chi connectivity index (χ4v) is 2.88. The van der Waals surface area contributed by atoms with E-state index < -0.39 is 18.7 Å². The summed E-state index contributed by atoms with van der Waals surface area (Å²) in [5.41, 5.74) is 1.43. The topological polar surface area (TPSA) is 66.8 Å². The second-order valence-electron chi connectivity index (χ2n) is 5.70. The van der Waals surface area contributed by atoms with Gasteiger partial charge in [0.15, 0.2) is 0 Å². The summed E-state index contributed by atoms with van der Waals surface area (Å²) >= 11 is 0. The highest BCUT2D eigenvalue weighted by Crippen LogP contribution is 2.29. The van der Waals surface area contributed by atoms with Crippen molar-refractivity contribution in [3.63, 3.8) is 0 Å². The number of amides is 1. The third-order valence-electron chi connectivity index (χ3n) is 3.97. The highest BCUT2D eigenvalue weighted by molar-refractivity contribution is 5.73. The number of hydrogen-bond donors (Lipinski definition) is 1. The summed E-state index contributed by atoms with van der Waals surface area (Å²) in [7, 11) is 0. The van der Waals surface area contributed by atoms with Crippen molar-refractivity contribution in [3.8, 4) is 0 Å². The van der Waals surface area contributed by atoms with Gasteiger partial charge in [-0.1, -0.05) is 24.3 Å². The molecule has 1 N–H and O–H groups in total. The molecule has 0 aliphatic carbocycles. The molecule has 2 unspecified atom stereocenters. The Bertz CT molecular complexity index is 562. The van der Waals surface area contributed by atoms with Crippen LogP contribution < -0.4 is 0 Å². The van der Waals surface area contributed by atoms with Crippen LogP contribution in [0.15, 0.2) is 24.3 Å². The number of ether oxygens (including phenoxy) is 1. The summed E-state index contributed by atoms with van der Waals surface area (Å²) in [5, 5.41) is 8.77. The molecule has 0 aromatic heterocycles. The molecule has 2 atom stereocenters. The van der Waals surface area contributed by atoms with E-state index in [1.807, 2.05) is 0 Å². The molecule has 1 aromatic carbocycles. The summed E-state index contributed by atoms with van der Waals surface area (Å²) in [4.78, 5) is 23.9. The molecule has 1 fully saturated rings. The highest BCUT2D eigenvalue weighted by atomic mass is 19.3. The number of carbonyl (C=O) groups is 2. The maximum Gasteiger partial charge on any atom is 0.506 e. The Kier molecular flexibility index (Phi) is 5.52. The molecule has 0 radical (unpaired) electrons. The van der Waals surface area contributed by atoms with Crippen molar-refractivity contribution in [1.82, 2.24) is 4.90 Å². The Balaban J connectivity index is 2.12. The number of carbonyl (C=O) groups excluding carboxylic acids is 1. The van der Waals surface area contributed by atoms with Gasteiger partial charge in [0.05, 0.1) is 6.54 Å². The van der Waals surface area contributed by atoms with Gasteiger partial charge in [-0.2, -0.15) is 0 Å². The number of rotatable bonds is 4. The zero-order valence-corrected chi connectivity index (χ0v) is 12.7. The number of nitrogens with zero attached hydrogens (tertiary/aromatic N) is 1. The van der Waals surface area contributed by atoms with Gasteiger partial charge in [0, 0.05) is 25.8 Å². The van der Waals surface area contributed by atoms with Gasteiger partial charge < -0.3 is 14.7 Å². The first-order chi connectivity index (χ1) is 10.8. The zero-order valence-electron chi connectivity index (χ0n) is 12.7. The van der Waals surface area contributed by atoms with E-state index in [2.05, 4.69) is 0 Å². The molecule has 1 aromatic rings. The molecule has 5 nitrogen and oxygen atoms in total. The summed E-state index contributed by atoms with van der Waals surface area (Å²) in [6, 6.07) is 6.79. The monoisotopic (exact) mass is 327 g/mol. The molecule has 126 valence electrons. The average molecular weight is 327 g/mol. The smallest absolute Gasteiger partial charge is 0.450 e. The number of halogens is 2. The van der Waals surface area contributed by atoms with E-state index in [4.69, 9.17) is 9.84 Å². The fraction of sp³-hybridized carbons (Fsp3) is 0.500. The number of benzene rings is 1. The molecule has 1 aliphatic heterocycles. The summed E-state index contributed by atoms with van der Waals surface area (Å²) < 4.78 is 29.6. The molecule has 1 saturated heterocycles. The van der Waals surface area contributed by atoms with Crippen LogP contribution in [-0.4, -0.2) is 47.7 Å². The van der Waals surface area contributed by atoms with Crippen LogP contribution in [0.3, 0.4) is 0 Å². The van der Waals surface area contributed by atoms with Gasteiger partial charge in [-0.3, -0.25) is 4.79 Å². The minimum atomic E-state index is -2.39. The minimum absolute atomic E-state index is 0.0856. The van der Waals surface area contributed by atoms with Gasteiger partial charge in [0.1, 0.15) is 6.10 Å². The van der Waals surface area contributed by atoms with Crippen molar-refractivity contribution in [2.24, 2.45) is 0 Å². The van der Waals surface area contributed by atoms with E-state index in [0.717, 1.165) is 5.56 Å². The Labute approximate surface area is 132 Å². The first-order valence-corrected chi connectivity index (χ1v) is 7.37. The van der Waals surface area contributed by atoms with Crippen LogP contribution in [-0.2, 0) is 16.0 Å². The van der Waals surface area contributed by atoms with Crippen molar-refractivity contribution in [1.29, 1.82) is 0 Å². The van der Waals surface area contributed by atoms with Crippen molar-refractivity contribution in [2.75, 3.05) is 13.1 Å². The second-order valence-corrected chi connectivity index (χ2v) is 5.70. The van der Waals surface area contributed by atoms with Crippen molar-refractivity contribution >= 4 is 12.1 Å². The molecule has 1 aliphatic rings. The lowest BCUT2D eigenvalue weighted by molar-refractivity contribution is -0.132. The molecular weight excluding hydrogens is 308 g/mol. The summed E-state index contributed by atoms with van der Waals surface area (Å²) in [6.45, 7) is 2.12. The van der Waals surface area contributed by atoms with Crippen LogP contribution >= 0.6 is 0 Å². The average Bonchev–Trinajstić information content (AvgIpc) is 2.46. The third kappa shape index (κ3) is 4.91. The van der Waals surface area contributed by atoms with Gasteiger partial charge in [0.25, 0.3) is 0 Å². The van der Waals surface area contributed by atoms with E-state index >= 15 is 0 Å². The molecule has 2 rings (SSSR count). The Morgan fingerprint density at radius 2 is 1.96 bits per heavy atom. The first kappa shape index (κ1) is 17.2. The van der Waals surface area contributed by atoms with Gasteiger partial charge in [-0.15, -0.1) is 0 Å². The second kappa shape index (κ2) is 7.39. The fourth-order valence-electron chi connectivity index (χ4n) is 2.88. The SMILES string of the molecule is CC(=O)N1CC(OC(=O)O)CC(c2ccc(CC(F)F)cc2)C1. The standard InChI is InChI=1S/C16H19F2NO4/c1-10(20)19-8-13(7-14(9-19)23-16(21)22)12-4-2-11(3-5-12)6-15(17)18/h2-5,13-15H,6-9H2,1H3,(H,21,22). The molecular formula is C16H19F2NO4. The van der Waals surface area contributed by atoms with Crippen molar-refractivity contribution in [2.45, 2.75) is 38.2 Å². The Hall–Kier alpha value is -2.18. The molecule has 7 heteroatoms. The molecule has 0 bridgehead atoms. The van der Waals surface area contributed by atoms with Crippen LogP contribution in [0.2, 0.25) is 0 Å². The Morgan fingerprint density at radius 3 is 2.48 bits per heavy atom. The molecule has 0 saturated carbocycles. The number of piperidine rings is 1. The molecule has 1 amide bonds. The zero-order chi connectivity index (χ0) is 17.0. The summed E-state index contributed by atoms with van der Waals surface area (Å²) in [5.74, 6) is -0.236. The first-order valence-electron chi connectivity index (χ1n) is 7.37. The van der Waals surface area contributed by atoms with Gasteiger partial charge in [-0.25, -0.2) is 13.6 Å². The number of hydrogen-bond acceptors (Lipinski definition) is 3. The van der Waals surface area contributed by atoms with E-state index in [0.29, 0.717) is 18.5 Å². The minimum Gasteiger partial charge on any atom is -0.450 e. The van der Waals surface area contributed by atoms with E-state index in [1.54, 1.807) is 29.2 Å². The van der Waals surface area contributed by atoms with Crippen LogP contribution in [0.25, 0.3) is 0 Å². The lowest BCUT2D eigenvalue weighted by Crippen LogP contribution is -2.46. The molecule has 23 heavy (non-hydrogen) atoms. The van der Waals surface area contributed by atoms with Gasteiger partial charge >= 0.3 is 6.16 Å². The lowest BCUT2D eigenvalue weighted by atomic mass is 9.88. The predicted molar refractivity (Wildman–Crippen MR) is 78.7 cm³/mol. The van der Waals surface area contributed by atoms with Crippen LogP contribution in [0.5, 0.6) is 0 Å². The number of alkyl halides is 2. The maximum absolute atomic E-state index is 12.4. The Morgan fingerprint density at radius 1 is 1.30 bits per heavy atom. The van der Waals surface area contributed by atoms with Crippen molar-refractivity contribution in [3.05, 3.63) is 35.4 Å². The largest absolute Gasteiger partial charge is 0.506 e. The maximum atomic E-state index is 12.4. The lowest BCUT2D eigenvalue weighted by Gasteiger charge is -2.36. The van der Waals surface area contributed by atoms with E-state index in [1.165, 1.54) is 6.92 Å². The van der Waals surface area contributed by atoms with Crippen molar-refractivity contribution < 1.29 is 28.2 Å². The molecule has 0 spiro atoms. The molecule has 1 heterocycles. The quantitative estimate of drug-likeness (QED) is 0.864. The third-order valence-corrected chi connectivity index (χ3v) is 3.97. The highest BCUT2D eigenvalue weighted by Gasteiger charge is 2.31. The number of carboxylic acid groups (broad SMARTS) is 1. The van der Waals surface area contributed by atoms with Crippen LogP contribution in [0.4, 0.5) is 13.6 Å². The van der Waals surface area contributed by atoms with Gasteiger partial charge in [-0.05, 0) is 17.5 Å². The van der Waals surface area contributed by atoms with E-state index in [-0.39, 0.29) is 24.8 Å². The summed E-state index contributed by atoms with van der Waals surface area (Å²) in [6.07, 6.45) is -4.18. The van der Waals surface area contributed by atoms with Gasteiger partial charge in [0.2, 0.25) is 12.3 Å². The number of likely N-dealkylation sites (tertiary alicyclic amines) is 1. The van der Waals surface area contributed by atoms with Crippen LogP contribution in [0.1, 0.15) is 30.4 Å². The predicted octanol–water partition coefficient (Wildman–Crippen LogP) is 2.89. The van der Waals surface area contributed by atoms with Crippen LogP contribution in [0, 0.1) is 0 Å².